The number of carbonyl (C=O) groups excluding carboxylic acids is 1. The average Bonchev–Trinajstić information content (AvgIpc) is 2.18. The number of carbonyl (C=O) groups is 1. The molecule has 0 aromatic rings. The molecule has 1 rings (SSSR count). The summed E-state index contributed by atoms with van der Waals surface area (Å²) in [5, 5.41) is 3.00. The second-order valence-corrected chi connectivity index (χ2v) is 5.82. The molecule has 1 N–H and O–H groups in total. The normalized spacial score (nSPS) is 21.1. The minimum Gasteiger partial charge on any atom is -0.350 e. The van der Waals surface area contributed by atoms with Crippen molar-refractivity contribution in [1.82, 2.24) is 5.32 Å². The van der Waals surface area contributed by atoms with Crippen LogP contribution in [0.25, 0.3) is 0 Å². The fraction of sp³-hybridized carbons (Fsp3) is 0.917. The van der Waals surface area contributed by atoms with E-state index in [1.807, 2.05) is 20.8 Å². The van der Waals surface area contributed by atoms with Gasteiger partial charge in [-0.3, -0.25) is 4.79 Å². The van der Waals surface area contributed by atoms with Crippen molar-refractivity contribution in [1.29, 1.82) is 0 Å². The lowest BCUT2D eigenvalue weighted by atomic mass is 9.87. The molecule has 0 spiro atoms. The van der Waals surface area contributed by atoms with Gasteiger partial charge in [0, 0.05) is 5.92 Å². The molecule has 0 aromatic heterocycles. The van der Waals surface area contributed by atoms with E-state index in [4.69, 9.17) is 11.6 Å². The quantitative estimate of drug-likeness (QED) is 0.744. The molecule has 88 valence electrons. The van der Waals surface area contributed by atoms with Gasteiger partial charge in [-0.05, 0) is 33.6 Å². The van der Waals surface area contributed by atoms with E-state index in [1.54, 1.807) is 0 Å². The Morgan fingerprint density at radius 1 is 1.33 bits per heavy atom. The number of nitrogens with one attached hydrogen (secondary N) is 1. The molecule has 0 heterocycles. The summed E-state index contributed by atoms with van der Waals surface area (Å²) in [6, 6.07) is 0. The summed E-state index contributed by atoms with van der Waals surface area (Å²) < 4.78 is 0. The third-order valence-electron chi connectivity index (χ3n) is 3.42. The van der Waals surface area contributed by atoms with Gasteiger partial charge in [0.15, 0.2) is 0 Å². The highest BCUT2D eigenvalue weighted by Gasteiger charge is 2.29. The maximum Gasteiger partial charge on any atom is 0.223 e. The van der Waals surface area contributed by atoms with Gasteiger partial charge in [0.25, 0.3) is 0 Å². The van der Waals surface area contributed by atoms with Crippen LogP contribution in [0.4, 0.5) is 0 Å². The van der Waals surface area contributed by atoms with Gasteiger partial charge in [0.05, 0.1) is 10.9 Å². The summed E-state index contributed by atoms with van der Waals surface area (Å²) in [7, 11) is 0. The van der Waals surface area contributed by atoms with Gasteiger partial charge in [0.2, 0.25) is 5.91 Å². The summed E-state index contributed by atoms with van der Waals surface area (Å²) >= 11 is 6.04. The largest absolute Gasteiger partial charge is 0.350 e. The van der Waals surface area contributed by atoms with Crippen LogP contribution in [0.3, 0.4) is 0 Å². The smallest absolute Gasteiger partial charge is 0.223 e. The zero-order chi connectivity index (χ0) is 11.5. The zero-order valence-corrected chi connectivity index (χ0v) is 10.7. The third kappa shape index (κ3) is 3.67. The summed E-state index contributed by atoms with van der Waals surface area (Å²) in [6.07, 6.45) is 5.74. The van der Waals surface area contributed by atoms with Crippen LogP contribution in [0, 0.1) is 5.92 Å². The van der Waals surface area contributed by atoms with E-state index in [2.05, 4.69) is 5.32 Å². The van der Waals surface area contributed by atoms with Crippen molar-refractivity contribution >= 4 is 17.5 Å². The Balaban J connectivity index is 2.47. The van der Waals surface area contributed by atoms with Gasteiger partial charge < -0.3 is 5.32 Å². The Morgan fingerprint density at radius 3 is 2.33 bits per heavy atom. The van der Waals surface area contributed by atoms with E-state index in [1.165, 1.54) is 19.3 Å². The highest BCUT2D eigenvalue weighted by Crippen LogP contribution is 2.25. The van der Waals surface area contributed by atoms with E-state index < -0.39 is 0 Å². The van der Waals surface area contributed by atoms with Crippen molar-refractivity contribution in [2.24, 2.45) is 5.92 Å². The molecular weight excluding hydrogens is 210 g/mol. The number of amides is 1. The Kier molecular flexibility index (Phi) is 4.45. The second kappa shape index (κ2) is 5.20. The fourth-order valence-corrected chi connectivity index (χ4v) is 1.94. The Labute approximate surface area is 97.8 Å². The minimum absolute atomic E-state index is 0.0509. The summed E-state index contributed by atoms with van der Waals surface area (Å²) in [5.41, 5.74) is -0.309. The Morgan fingerprint density at radius 2 is 1.87 bits per heavy atom. The van der Waals surface area contributed by atoms with Gasteiger partial charge in [-0.25, -0.2) is 0 Å². The molecular formula is C12H22ClNO. The van der Waals surface area contributed by atoms with Crippen molar-refractivity contribution in [3.63, 3.8) is 0 Å². The lowest BCUT2D eigenvalue weighted by Gasteiger charge is -2.32. The molecule has 15 heavy (non-hydrogen) atoms. The van der Waals surface area contributed by atoms with Crippen LogP contribution in [0.2, 0.25) is 0 Å². The van der Waals surface area contributed by atoms with Gasteiger partial charge in [0.1, 0.15) is 0 Å². The SMILES string of the molecule is CC(Cl)C(C)(C)NC(=O)C1CCCCC1. The Hall–Kier alpha value is -0.240. The molecule has 1 aliphatic carbocycles. The molecule has 1 amide bonds. The first kappa shape index (κ1) is 12.8. The van der Waals surface area contributed by atoms with Crippen molar-refractivity contribution in [2.75, 3.05) is 0 Å². The number of rotatable bonds is 3. The molecule has 0 aromatic carbocycles. The molecule has 0 saturated heterocycles. The fourth-order valence-electron chi connectivity index (χ4n) is 1.88. The number of alkyl halides is 1. The number of hydrogen-bond donors (Lipinski definition) is 1. The molecule has 1 unspecified atom stereocenters. The van der Waals surface area contributed by atoms with Crippen LogP contribution >= 0.6 is 11.6 Å². The predicted molar refractivity (Wildman–Crippen MR) is 64.1 cm³/mol. The first-order valence-corrected chi connectivity index (χ1v) is 6.33. The second-order valence-electron chi connectivity index (χ2n) is 5.16. The maximum absolute atomic E-state index is 11.9. The van der Waals surface area contributed by atoms with Crippen LogP contribution < -0.4 is 5.32 Å². The zero-order valence-electron chi connectivity index (χ0n) is 9.98. The molecule has 1 fully saturated rings. The number of hydrogen-bond acceptors (Lipinski definition) is 1. The topological polar surface area (TPSA) is 29.1 Å². The molecule has 1 atom stereocenters. The Bertz CT molecular complexity index is 220. The highest BCUT2D eigenvalue weighted by atomic mass is 35.5. The van der Waals surface area contributed by atoms with Crippen LogP contribution in [-0.4, -0.2) is 16.8 Å². The van der Waals surface area contributed by atoms with E-state index in [0.717, 1.165) is 12.8 Å². The number of halogens is 1. The first-order chi connectivity index (χ1) is 6.93. The third-order valence-corrected chi connectivity index (χ3v) is 3.96. The molecule has 0 aliphatic heterocycles. The molecule has 1 aliphatic rings. The molecule has 0 radical (unpaired) electrons. The van der Waals surface area contributed by atoms with Crippen LogP contribution in [-0.2, 0) is 4.79 Å². The van der Waals surface area contributed by atoms with Crippen molar-refractivity contribution in [3.8, 4) is 0 Å². The maximum atomic E-state index is 11.9. The van der Waals surface area contributed by atoms with E-state index in [9.17, 15) is 4.79 Å². The average molecular weight is 232 g/mol. The van der Waals surface area contributed by atoms with Crippen LogP contribution in [0.5, 0.6) is 0 Å². The lowest BCUT2D eigenvalue weighted by Crippen LogP contribution is -2.51. The summed E-state index contributed by atoms with van der Waals surface area (Å²) in [4.78, 5) is 11.9. The van der Waals surface area contributed by atoms with Gasteiger partial charge >= 0.3 is 0 Å². The first-order valence-electron chi connectivity index (χ1n) is 5.89. The van der Waals surface area contributed by atoms with Gasteiger partial charge in [-0.2, -0.15) is 0 Å². The minimum atomic E-state index is -0.309. The standard InChI is InChI=1S/C12H22ClNO/c1-9(13)12(2,3)14-11(15)10-7-5-4-6-8-10/h9-10H,4-8H2,1-3H3,(H,14,15). The van der Waals surface area contributed by atoms with Crippen molar-refractivity contribution in [3.05, 3.63) is 0 Å². The molecule has 1 saturated carbocycles. The van der Waals surface area contributed by atoms with Crippen molar-refractivity contribution < 1.29 is 4.79 Å². The van der Waals surface area contributed by atoms with Gasteiger partial charge in [-0.1, -0.05) is 19.3 Å². The van der Waals surface area contributed by atoms with E-state index in [-0.39, 0.29) is 22.7 Å². The van der Waals surface area contributed by atoms with Crippen LogP contribution in [0.1, 0.15) is 52.9 Å². The van der Waals surface area contributed by atoms with E-state index in [0.29, 0.717) is 0 Å². The summed E-state index contributed by atoms with van der Waals surface area (Å²) in [5.74, 6) is 0.403. The molecule has 3 heteroatoms. The highest BCUT2D eigenvalue weighted by molar-refractivity contribution is 6.21. The monoisotopic (exact) mass is 231 g/mol. The predicted octanol–water partition coefficient (Wildman–Crippen LogP) is 3.09. The molecule has 0 bridgehead atoms. The van der Waals surface area contributed by atoms with Crippen molar-refractivity contribution in [2.45, 2.75) is 63.8 Å². The lowest BCUT2D eigenvalue weighted by molar-refractivity contribution is -0.127. The van der Waals surface area contributed by atoms with Gasteiger partial charge in [-0.15, -0.1) is 11.6 Å². The molecule has 2 nitrogen and oxygen atoms in total. The van der Waals surface area contributed by atoms with E-state index >= 15 is 0 Å². The van der Waals surface area contributed by atoms with Crippen LogP contribution in [0.15, 0.2) is 0 Å². The summed E-state index contributed by atoms with van der Waals surface area (Å²) in [6.45, 7) is 5.87.